The lowest BCUT2D eigenvalue weighted by Crippen LogP contribution is -2.40. The van der Waals surface area contributed by atoms with E-state index in [9.17, 15) is 14.4 Å². The maximum absolute atomic E-state index is 13.7. The third-order valence-electron chi connectivity index (χ3n) is 5.73. The average molecular weight is 521 g/mol. The highest BCUT2D eigenvalue weighted by Gasteiger charge is 2.34. The summed E-state index contributed by atoms with van der Waals surface area (Å²) >= 11 is 1.26. The van der Waals surface area contributed by atoms with Gasteiger partial charge in [-0.05, 0) is 57.0 Å². The van der Waals surface area contributed by atoms with E-state index in [2.05, 4.69) is 4.99 Å². The van der Waals surface area contributed by atoms with Gasteiger partial charge in [0.2, 0.25) is 0 Å². The fourth-order valence-electron chi connectivity index (χ4n) is 4.12. The summed E-state index contributed by atoms with van der Waals surface area (Å²) in [5.74, 6) is -0.456. The number of rotatable bonds is 7. The van der Waals surface area contributed by atoms with Crippen LogP contribution >= 0.6 is 11.3 Å². The van der Waals surface area contributed by atoms with E-state index in [-0.39, 0.29) is 23.5 Å². The number of ether oxygens (including phenoxy) is 3. The van der Waals surface area contributed by atoms with Crippen molar-refractivity contribution < 1.29 is 23.8 Å². The van der Waals surface area contributed by atoms with Gasteiger partial charge in [-0.15, -0.1) is 0 Å². The van der Waals surface area contributed by atoms with Crippen LogP contribution < -0.4 is 24.4 Å². The molecular weight excluding hydrogens is 492 g/mol. The van der Waals surface area contributed by atoms with Gasteiger partial charge in [-0.2, -0.15) is 0 Å². The molecule has 0 radical (unpaired) electrons. The fourth-order valence-corrected chi connectivity index (χ4v) is 5.17. The van der Waals surface area contributed by atoms with Crippen LogP contribution in [-0.4, -0.2) is 29.7 Å². The molecule has 2 heterocycles. The zero-order valence-electron chi connectivity index (χ0n) is 21.4. The molecule has 0 bridgehead atoms. The Bertz CT molecular complexity index is 1560. The molecule has 1 aromatic heterocycles. The van der Waals surface area contributed by atoms with Crippen LogP contribution in [0.5, 0.6) is 11.5 Å². The number of allylic oxidation sites excluding steroid dienone is 1. The van der Waals surface area contributed by atoms with E-state index in [1.165, 1.54) is 22.8 Å². The van der Waals surface area contributed by atoms with Crippen LogP contribution in [0.3, 0.4) is 0 Å². The summed E-state index contributed by atoms with van der Waals surface area (Å²) in [6.07, 6.45) is 1.82. The Morgan fingerprint density at radius 3 is 2.43 bits per heavy atom. The van der Waals surface area contributed by atoms with Crippen molar-refractivity contribution in [2.45, 2.75) is 40.7 Å². The molecule has 192 valence electrons. The molecule has 0 N–H and O–H groups in total. The summed E-state index contributed by atoms with van der Waals surface area (Å²) in [5, 5.41) is 0. The Kier molecular flexibility index (Phi) is 7.73. The first-order chi connectivity index (χ1) is 17.7. The predicted octanol–water partition coefficient (Wildman–Crippen LogP) is 3.43. The highest BCUT2D eigenvalue weighted by atomic mass is 32.1. The van der Waals surface area contributed by atoms with Crippen LogP contribution in [0.15, 0.2) is 63.5 Å². The van der Waals surface area contributed by atoms with Crippen LogP contribution in [0.2, 0.25) is 0 Å². The number of carbonyl (C=O) groups is 2. The summed E-state index contributed by atoms with van der Waals surface area (Å²) in [6, 6.07) is 12.0. The summed E-state index contributed by atoms with van der Waals surface area (Å²) < 4.78 is 18.4. The average Bonchev–Trinajstić information content (AvgIpc) is 3.15. The van der Waals surface area contributed by atoms with Crippen molar-refractivity contribution in [2.24, 2.45) is 4.99 Å². The SMILES string of the molecule is CCOC(=O)C1=C(C)N=c2s/c(=C\c3ccc(C)cc3)c(=O)n2[C@H]1c1ccc(OC(C)=O)c(OCC)c1. The highest BCUT2D eigenvalue weighted by Crippen LogP contribution is 2.36. The van der Waals surface area contributed by atoms with Crippen molar-refractivity contribution >= 4 is 29.4 Å². The van der Waals surface area contributed by atoms with Gasteiger partial charge in [0.25, 0.3) is 5.56 Å². The Morgan fingerprint density at radius 2 is 1.78 bits per heavy atom. The van der Waals surface area contributed by atoms with Gasteiger partial charge in [0.15, 0.2) is 16.3 Å². The zero-order chi connectivity index (χ0) is 26.7. The van der Waals surface area contributed by atoms with Gasteiger partial charge in [0.05, 0.1) is 35.1 Å². The molecule has 2 aromatic carbocycles. The number of thiazole rings is 1. The molecule has 9 heteroatoms. The second-order valence-electron chi connectivity index (χ2n) is 8.45. The maximum atomic E-state index is 13.7. The Hall–Kier alpha value is -3.98. The summed E-state index contributed by atoms with van der Waals surface area (Å²) in [4.78, 5) is 43.5. The first-order valence-electron chi connectivity index (χ1n) is 11.9. The summed E-state index contributed by atoms with van der Waals surface area (Å²) in [6.45, 7) is 9.08. The van der Waals surface area contributed by atoms with Crippen LogP contribution in [0.25, 0.3) is 6.08 Å². The Balaban J connectivity index is 1.94. The topological polar surface area (TPSA) is 96.2 Å². The van der Waals surface area contributed by atoms with Crippen molar-refractivity contribution in [3.8, 4) is 11.5 Å². The molecule has 0 unspecified atom stereocenters. The molecule has 3 aromatic rings. The molecule has 0 saturated heterocycles. The Labute approximate surface area is 218 Å². The molecule has 1 aliphatic rings. The smallest absolute Gasteiger partial charge is 0.338 e. The van der Waals surface area contributed by atoms with Gasteiger partial charge in [-0.1, -0.05) is 47.2 Å². The van der Waals surface area contributed by atoms with Crippen molar-refractivity contribution in [2.75, 3.05) is 13.2 Å². The molecule has 1 atom stereocenters. The molecule has 0 aliphatic carbocycles. The minimum Gasteiger partial charge on any atom is -0.490 e. The van der Waals surface area contributed by atoms with E-state index in [0.29, 0.717) is 33.0 Å². The van der Waals surface area contributed by atoms with Crippen molar-refractivity contribution in [1.82, 2.24) is 4.57 Å². The number of carbonyl (C=O) groups excluding carboxylic acids is 2. The van der Waals surface area contributed by atoms with Crippen molar-refractivity contribution in [3.63, 3.8) is 0 Å². The normalized spacial score (nSPS) is 15.2. The van der Waals surface area contributed by atoms with Gasteiger partial charge < -0.3 is 14.2 Å². The molecule has 0 amide bonds. The predicted molar refractivity (Wildman–Crippen MR) is 140 cm³/mol. The largest absolute Gasteiger partial charge is 0.490 e. The van der Waals surface area contributed by atoms with E-state index in [1.54, 1.807) is 32.0 Å². The first kappa shape index (κ1) is 26.1. The highest BCUT2D eigenvalue weighted by molar-refractivity contribution is 7.07. The molecule has 0 spiro atoms. The van der Waals surface area contributed by atoms with Crippen molar-refractivity contribution in [3.05, 3.63) is 90.1 Å². The second kappa shape index (κ2) is 11.0. The number of aryl methyl sites for hydroxylation is 1. The minimum absolute atomic E-state index is 0.176. The fraction of sp³-hybridized carbons (Fsp3) is 0.286. The Morgan fingerprint density at radius 1 is 1.05 bits per heavy atom. The van der Waals surface area contributed by atoms with E-state index in [4.69, 9.17) is 14.2 Å². The number of hydrogen-bond acceptors (Lipinski definition) is 8. The van der Waals surface area contributed by atoms with Crippen LogP contribution in [0.4, 0.5) is 0 Å². The zero-order valence-corrected chi connectivity index (χ0v) is 22.2. The van der Waals surface area contributed by atoms with E-state index in [0.717, 1.165) is 11.1 Å². The van der Waals surface area contributed by atoms with Gasteiger partial charge in [0, 0.05) is 6.92 Å². The van der Waals surface area contributed by atoms with E-state index >= 15 is 0 Å². The molecule has 37 heavy (non-hydrogen) atoms. The molecule has 4 rings (SSSR count). The lowest BCUT2D eigenvalue weighted by molar-refractivity contribution is -0.139. The molecule has 0 fully saturated rings. The number of aromatic nitrogens is 1. The number of hydrogen-bond donors (Lipinski definition) is 0. The first-order valence-corrected chi connectivity index (χ1v) is 12.8. The van der Waals surface area contributed by atoms with Crippen molar-refractivity contribution in [1.29, 1.82) is 0 Å². The molecule has 1 aliphatic heterocycles. The number of fused-ring (bicyclic) bond motifs is 1. The molecule has 0 saturated carbocycles. The number of esters is 2. The molecule has 8 nitrogen and oxygen atoms in total. The van der Waals surface area contributed by atoms with E-state index in [1.807, 2.05) is 44.2 Å². The van der Waals surface area contributed by atoms with Crippen LogP contribution in [0, 0.1) is 6.92 Å². The van der Waals surface area contributed by atoms with Gasteiger partial charge in [-0.25, -0.2) is 9.79 Å². The third kappa shape index (κ3) is 5.41. The lowest BCUT2D eigenvalue weighted by Gasteiger charge is -2.25. The number of benzene rings is 2. The van der Waals surface area contributed by atoms with Crippen LogP contribution in [-0.2, 0) is 14.3 Å². The molecular formula is C28H28N2O6S. The summed E-state index contributed by atoms with van der Waals surface area (Å²) in [5.41, 5.74) is 3.06. The summed E-state index contributed by atoms with van der Waals surface area (Å²) in [7, 11) is 0. The monoisotopic (exact) mass is 520 g/mol. The minimum atomic E-state index is -0.805. The van der Waals surface area contributed by atoms with Gasteiger partial charge >= 0.3 is 11.9 Å². The number of nitrogens with zero attached hydrogens (tertiary/aromatic N) is 2. The van der Waals surface area contributed by atoms with Gasteiger partial charge in [-0.3, -0.25) is 14.2 Å². The lowest BCUT2D eigenvalue weighted by atomic mass is 9.95. The standard InChI is InChI=1S/C28H28N2O6S/c1-6-34-22-15-20(12-13-21(22)36-18(5)31)25-24(27(33)35-7-2)17(4)29-28-30(25)26(32)23(37-28)14-19-10-8-16(3)9-11-19/h8-15,25H,6-7H2,1-5H3/b23-14-/t25-/m0/s1. The maximum Gasteiger partial charge on any atom is 0.338 e. The quantitative estimate of drug-likeness (QED) is 0.350. The van der Waals surface area contributed by atoms with Crippen LogP contribution in [0.1, 0.15) is 50.4 Å². The van der Waals surface area contributed by atoms with Gasteiger partial charge in [0.1, 0.15) is 0 Å². The third-order valence-corrected chi connectivity index (χ3v) is 6.71. The van der Waals surface area contributed by atoms with E-state index < -0.39 is 18.0 Å². The second-order valence-corrected chi connectivity index (χ2v) is 9.45.